The van der Waals surface area contributed by atoms with Crippen LogP contribution in [0.2, 0.25) is 0 Å². The number of nitrogens with one attached hydrogen (secondary N) is 1. The standard InChI is InChI=1S/C17H25N3O/c1-4-11-20-12-10-18-17(20)13-19-14(3)15-6-8-16(9-7-15)21-5-2/h6-10,12,14,19H,4-5,11,13H2,1-3H3. The van der Waals surface area contributed by atoms with Crippen molar-refractivity contribution in [3.05, 3.63) is 48.0 Å². The number of nitrogens with zero attached hydrogens (tertiary/aromatic N) is 2. The average molecular weight is 287 g/mol. The quantitative estimate of drug-likeness (QED) is 0.807. The van der Waals surface area contributed by atoms with Crippen LogP contribution in [0.25, 0.3) is 0 Å². The largest absolute Gasteiger partial charge is 0.494 e. The number of hydrogen-bond donors (Lipinski definition) is 1. The molecular weight excluding hydrogens is 262 g/mol. The number of aromatic nitrogens is 2. The van der Waals surface area contributed by atoms with Crippen LogP contribution in [0.3, 0.4) is 0 Å². The van der Waals surface area contributed by atoms with E-state index in [1.807, 2.05) is 31.5 Å². The van der Waals surface area contributed by atoms with Crippen molar-refractivity contribution >= 4 is 0 Å². The minimum absolute atomic E-state index is 0.285. The lowest BCUT2D eigenvalue weighted by Crippen LogP contribution is -2.20. The van der Waals surface area contributed by atoms with Crippen LogP contribution in [-0.2, 0) is 13.1 Å². The van der Waals surface area contributed by atoms with Crippen molar-refractivity contribution < 1.29 is 4.74 Å². The number of imidazole rings is 1. The second-order valence-electron chi connectivity index (χ2n) is 5.14. The van der Waals surface area contributed by atoms with E-state index in [-0.39, 0.29) is 6.04 Å². The zero-order valence-electron chi connectivity index (χ0n) is 13.2. The summed E-state index contributed by atoms with van der Waals surface area (Å²) in [4.78, 5) is 4.42. The Bertz CT molecular complexity index is 533. The average Bonchev–Trinajstić information content (AvgIpc) is 2.94. The third-order valence-electron chi connectivity index (χ3n) is 3.52. The molecule has 0 aliphatic carbocycles. The molecule has 0 spiro atoms. The summed E-state index contributed by atoms with van der Waals surface area (Å²) in [6, 6.07) is 8.55. The summed E-state index contributed by atoms with van der Waals surface area (Å²) in [5, 5.41) is 3.53. The predicted molar refractivity (Wildman–Crippen MR) is 85.4 cm³/mol. The van der Waals surface area contributed by atoms with Gasteiger partial charge in [0.05, 0.1) is 13.2 Å². The van der Waals surface area contributed by atoms with E-state index in [4.69, 9.17) is 4.74 Å². The zero-order valence-corrected chi connectivity index (χ0v) is 13.2. The van der Waals surface area contributed by atoms with Crippen LogP contribution in [0.4, 0.5) is 0 Å². The van der Waals surface area contributed by atoms with Crippen molar-refractivity contribution in [2.24, 2.45) is 0 Å². The molecule has 2 rings (SSSR count). The van der Waals surface area contributed by atoms with Gasteiger partial charge >= 0.3 is 0 Å². The number of ether oxygens (including phenoxy) is 1. The van der Waals surface area contributed by atoms with E-state index < -0.39 is 0 Å². The van der Waals surface area contributed by atoms with E-state index in [1.165, 1.54) is 5.56 Å². The molecule has 4 heteroatoms. The molecule has 0 fully saturated rings. The monoisotopic (exact) mass is 287 g/mol. The second kappa shape index (κ2) is 7.84. The van der Waals surface area contributed by atoms with Gasteiger partial charge in [-0.25, -0.2) is 4.98 Å². The molecule has 0 bridgehead atoms. The van der Waals surface area contributed by atoms with Crippen LogP contribution in [0.5, 0.6) is 5.75 Å². The molecule has 1 aromatic carbocycles. The van der Waals surface area contributed by atoms with Gasteiger partial charge < -0.3 is 14.6 Å². The molecule has 0 saturated carbocycles. The molecular formula is C17H25N3O. The minimum atomic E-state index is 0.285. The molecule has 2 aromatic rings. The van der Waals surface area contributed by atoms with E-state index >= 15 is 0 Å². The maximum absolute atomic E-state index is 5.47. The fourth-order valence-electron chi connectivity index (χ4n) is 2.33. The smallest absolute Gasteiger partial charge is 0.122 e. The van der Waals surface area contributed by atoms with Gasteiger partial charge in [0.2, 0.25) is 0 Å². The fourth-order valence-corrected chi connectivity index (χ4v) is 2.33. The molecule has 4 nitrogen and oxygen atoms in total. The Kier molecular flexibility index (Phi) is 5.81. The summed E-state index contributed by atoms with van der Waals surface area (Å²) < 4.78 is 7.67. The lowest BCUT2D eigenvalue weighted by molar-refractivity contribution is 0.340. The zero-order chi connectivity index (χ0) is 15.1. The normalized spacial score (nSPS) is 12.3. The van der Waals surface area contributed by atoms with Crippen molar-refractivity contribution in [2.45, 2.75) is 46.3 Å². The molecule has 1 atom stereocenters. The first-order chi connectivity index (χ1) is 10.2. The van der Waals surface area contributed by atoms with Crippen LogP contribution in [-0.4, -0.2) is 16.2 Å². The van der Waals surface area contributed by atoms with Crippen LogP contribution < -0.4 is 10.1 Å². The van der Waals surface area contributed by atoms with Gasteiger partial charge in [-0.15, -0.1) is 0 Å². The molecule has 1 N–H and O–H groups in total. The van der Waals surface area contributed by atoms with Crippen LogP contribution in [0.1, 0.15) is 44.6 Å². The third kappa shape index (κ3) is 4.33. The number of aryl methyl sites for hydroxylation is 1. The molecule has 0 radical (unpaired) electrons. The van der Waals surface area contributed by atoms with E-state index in [2.05, 4.69) is 40.8 Å². The number of hydrogen-bond acceptors (Lipinski definition) is 3. The van der Waals surface area contributed by atoms with Gasteiger partial charge in [0, 0.05) is 25.0 Å². The summed E-state index contributed by atoms with van der Waals surface area (Å²) in [7, 11) is 0. The molecule has 0 saturated heterocycles. The van der Waals surface area contributed by atoms with Gasteiger partial charge in [-0.1, -0.05) is 19.1 Å². The Hall–Kier alpha value is -1.81. The predicted octanol–water partition coefficient (Wildman–Crippen LogP) is 3.54. The Labute approximate surface area is 127 Å². The fraction of sp³-hybridized carbons (Fsp3) is 0.471. The first-order valence-electron chi connectivity index (χ1n) is 7.70. The van der Waals surface area contributed by atoms with Gasteiger partial charge in [0.15, 0.2) is 0 Å². The van der Waals surface area contributed by atoms with Gasteiger partial charge in [-0.05, 0) is 38.0 Å². The van der Waals surface area contributed by atoms with E-state index in [9.17, 15) is 0 Å². The maximum atomic E-state index is 5.47. The third-order valence-corrected chi connectivity index (χ3v) is 3.52. The lowest BCUT2D eigenvalue weighted by atomic mass is 10.1. The van der Waals surface area contributed by atoms with Crippen LogP contribution >= 0.6 is 0 Å². The first-order valence-corrected chi connectivity index (χ1v) is 7.70. The van der Waals surface area contributed by atoms with Crippen molar-refractivity contribution in [3.8, 4) is 5.75 Å². The summed E-state index contributed by atoms with van der Waals surface area (Å²) in [6.07, 6.45) is 5.04. The summed E-state index contributed by atoms with van der Waals surface area (Å²) in [5.41, 5.74) is 1.26. The van der Waals surface area contributed by atoms with Crippen molar-refractivity contribution in [1.82, 2.24) is 14.9 Å². The molecule has 1 unspecified atom stereocenters. The van der Waals surface area contributed by atoms with Gasteiger partial charge in [0.1, 0.15) is 11.6 Å². The highest BCUT2D eigenvalue weighted by Crippen LogP contribution is 2.18. The number of rotatable bonds is 8. The summed E-state index contributed by atoms with van der Waals surface area (Å²) in [6.45, 7) is 8.85. The molecule has 21 heavy (non-hydrogen) atoms. The number of benzene rings is 1. The van der Waals surface area contributed by atoms with E-state index in [1.54, 1.807) is 0 Å². The summed E-state index contributed by atoms with van der Waals surface area (Å²) in [5.74, 6) is 2.02. The molecule has 0 aliphatic heterocycles. The maximum Gasteiger partial charge on any atom is 0.122 e. The van der Waals surface area contributed by atoms with Gasteiger partial charge in [-0.2, -0.15) is 0 Å². The molecule has 0 aliphatic rings. The molecule has 1 aromatic heterocycles. The lowest BCUT2D eigenvalue weighted by Gasteiger charge is -2.15. The van der Waals surface area contributed by atoms with Crippen molar-refractivity contribution in [3.63, 3.8) is 0 Å². The minimum Gasteiger partial charge on any atom is -0.494 e. The van der Waals surface area contributed by atoms with E-state index in [0.717, 1.165) is 31.1 Å². The van der Waals surface area contributed by atoms with Gasteiger partial charge in [0.25, 0.3) is 0 Å². The van der Waals surface area contributed by atoms with Crippen LogP contribution in [0, 0.1) is 0 Å². The Morgan fingerprint density at radius 3 is 2.67 bits per heavy atom. The Balaban J connectivity index is 1.91. The van der Waals surface area contributed by atoms with Crippen molar-refractivity contribution in [2.75, 3.05) is 6.61 Å². The SMILES string of the molecule is CCCn1ccnc1CNC(C)c1ccc(OCC)cc1. The van der Waals surface area contributed by atoms with Gasteiger partial charge in [-0.3, -0.25) is 0 Å². The summed E-state index contributed by atoms with van der Waals surface area (Å²) >= 11 is 0. The highest BCUT2D eigenvalue weighted by Gasteiger charge is 2.07. The highest BCUT2D eigenvalue weighted by molar-refractivity contribution is 5.28. The Morgan fingerprint density at radius 1 is 1.24 bits per heavy atom. The van der Waals surface area contributed by atoms with Crippen LogP contribution in [0.15, 0.2) is 36.7 Å². The van der Waals surface area contributed by atoms with Crippen molar-refractivity contribution in [1.29, 1.82) is 0 Å². The molecule has 0 amide bonds. The molecule has 114 valence electrons. The molecule has 1 heterocycles. The Morgan fingerprint density at radius 2 is 2.00 bits per heavy atom. The topological polar surface area (TPSA) is 39.1 Å². The highest BCUT2D eigenvalue weighted by atomic mass is 16.5. The first kappa shape index (κ1) is 15.6. The van der Waals surface area contributed by atoms with E-state index in [0.29, 0.717) is 6.61 Å². The second-order valence-corrected chi connectivity index (χ2v) is 5.14.